The summed E-state index contributed by atoms with van der Waals surface area (Å²) in [6.45, 7) is 3.76. The summed E-state index contributed by atoms with van der Waals surface area (Å²) in [5, 5.41) is 2.97. The molecule has 0 saturated heterocycles. The third kappa shape index (κ3) is 7.62. The maximum atomic E-state index is 12.8. The number of ether oxygens (including phenoxy) is 1. The number of amides is 1. The van der Waals surface area contributed by atoms with Crippen LogP contribution < -0.4 is 19.1 Å². The molecule has 0 atom stereocenters. The van der Waals surface area contributed by atoms with Crippen molar-refractivity contribution < 1.29 is 26.4 Å². The fourth-order valence-electron chi connectivity index (χ4n) is 3.67. The molecule has 0 fully saturated rings. The van der Waals surface area contributed by atoms with E-state index < -0.39 is 20.0 Å². The van der Waals surface area contributed by atoms with Crippen LogP contribution in [0.5, 0.6) is 5.75 Å². The summed E-state index contributed by atoms with van der Waals surface area (Å²) in [5.41, 5.74) is 3.02. The van der Waals surface area contributed by atoms with Gasteiger partial charge in [0.15, 0.2) is 0 Å². The van der Waals surface area contributed by atoms with Crippen molar-refractivity contribution in [3.63, 3.8) is 0 Å². The lowest BCUT2D eigenvalue weighted by molar-refractivity contribution is -0.116. The van der Waals surface area contributed by atoms with E-state index in [1.807, 2.05) is 26.0 Å². The second-order valence-electron chi connectivity index (χ2n) is 8.75. The molecule has 3 aromatic carbocycles. The van der Waals surface area contributed by atoms with Crippen LogP contribution in [0.4, 0.5) is 17.1 Å². The van der Waals surface area contributed by atoms with Crippen LogP contribution in [-0.2, 0) is 24.8 Å². The molecule has 0 spiro atoms. The quantitative estimate of drug-likeness (QED) is 0.331. The van der Waals surface area contributed by atoms with Gasteiger partial charge in [0.05, 0.1) is 34.7 Å². The van der Waals surface area contributed by atoms with Gasteiger partial charge in [-0.25, -0.2) is 16.8 Å². The molecule has 38 heavy (non-hydrogen) atoms. The zero-order valence-electron chi connectivity index (χ0n) is 21.5. The molecule has 9 nitrogen and oxygen atoms in total. The van der Waals surface area contributed by atoms with Gasteiger partial charge in [-0.15, -0.1) is 0 Å². The van der Waals surface area contributed by atoms with E-state index in [4.69, 9.17) is 16.3 Å². The van der Waals surface area contributed by atoms with E-state index in [1.54, 1.807) is 18.2 Å². The minimum Gasteiger partial charge on any atom is -0.495 e. The van der Waals surface area contributed by atoms with Gasteiger partial charge in [-0.2, -0.15) is 0 Å². The van der Waals surface area contributed by atoms with Crippen molar-refractivity contribution in [2.75, 3.05) is 34.3 Å². The summed E-state index contributed by atoms with van der Waals surface area (Å²) in [7, 11) is -5.97. The highest BCUT2D eigenvalue weighted by molar-refractivity contribution is 7.92. The van der Waals surface area contributed by atoms with E-state index in [0.717, 1.165) is 17.4 Å². The van der Waals surface area contributed by atoms with Crippen molar-refractivity contribution >= 4 is 54.6 Å². The smallest absolute Gasteiger partial charge is 0.261 e. The molecule has 0 aliphatic carbocycles. The first-order chi connectivity index (χ1) is 17.8. The van der Waals surface area contributed by atoms with Crippen molar-refractivity contribution in [1.29, 1.82) is 0 Å². The van der Waals surface area contributed by atoms with E-state index in [0.29, 0.717) is 22.8 Å². The topological polar surface area (TPSA) is 122 Å². The van der Waals surface area contributed by atoms with Crippen LogP contribution in [-0.4, -0.2) is 42.7 Å². The Labute approximate surface area is 228 Å². The van der Waals surface area contributed by atoms with Gasteiger partial charge in [-0.05, 0) is 79.9 Å². The van der Waals surface area contributed by atoms with E-state index >= 15 is 0 Å². The van der Waals surface area contributed by atoms with Gasteiger partial charge < -0.3 is 10.1 Å². The standard InChI is InChI=1S/C26H30ClN3O6S2/c1-18-7-8-19(2)24(16-18)29-38(34,35)22-12-9-20(10-13-22)28-26(31)6-5-15-30(37(4,32)33)21-11-14-25(36-3)23(27)17-21/h7-14,16-17,29H,5-6,15H2,1-4H3,(H,28,31). The number of benzene rings is 3. The molecule has 1 amide bonds. The number of anilines is 3. The Kier molecular flexibility index (Phi) is 9.29. The van der Waals surface area contributed by atoms with Gasteiger partial charge in [0, 0.05) is 18.7 Å². The molecule has 0 heterocycles. The Bertz CT molecular complexity index is 1530. The van der Waals surface area contributed by atoms with Crippen LogP contribution >= 0.6 is 11.6 Å². The number of hydrogen-bond acceptors (Lipinski definition) is 6. The summed E-state index contributed by atoms with van der Waals surface area (Å²) < 4.78 is 59.1. The number of methoxy groups -OCH3 is 1. The number of nitrogens with one attached hydrogen (secondary N) is 2. The summed E-state index contributed by atoms with van der Waals surface area (Å²) in [6, 6.07) is 16.0. The molecule has 3 aromatic rings. The molecule has 0 saturated carbocycles. The van der Waals surface area contributed by atoms with Crippen LogP contribution in [0.2, 0.25) is 5.02 Å². The molecule has 3 rings (SSSR count). The summed E-state index contributed by atoms with van der Waals surface area (Å²) >= 11 is 6.14. The monoisotopic (exact) mass is 579 g/mol. The first-order valence-corrected chi connectivity index (χ1v) is 15.3. The number of halogens is 1. The van der Waals surface area contributed by atoms with Crippen LogP contribution in [0, 0.1) is 13.8 Å². The Morgan fingerprint density at radius 3 is 2.26 bits per heavy atom. The molecule has 2 N–H and O–H groups in total. The van der Waals surface area contributed by atoms with Crippen molar-refractivity contribution in [3.8, 4) is 5.75 Å². The maximum absolute atomic E-state index is 12.8. The predicted octanol–water partition coefficient (Wildman–Crippen LogP) is 4.95. The van der Waals surface area contributed by atoms with Gasteiger partial charge >= 0.3 is 0 Å². The van der Waals surface area contributed by atoms with E-state index in [2.05, 4.69) is 10.0 Å². The Balaban J connectivity index is 1.60. The molecule has 0 aromatic heterocycles. The van der Waals surface area contributed by atoms with E-state index in [1.165, 1.54) is 41.7 Å². The van der Waals surface area contributed by atoms with Crippen LogP contribution in [0.25, 0.3) is 0 Å². The van der Waals surface area contributed by atoms with E-state index in [9.17, 15) is 21.6 Å². The second-order valence-corrected chi connectivity index (χ2v) is 12.8. The molecule has 0 unspecified atom stereocenters. The lowest BCUT2D eigenvalue weighted by Crippen LogP contribution is -2.31. The minimum atomic E-state index is -3.81. The summed E-state index contributed by atoms with van der Waals surface area (Å²) in [5.74, 6) is 0.0819. The molecule has 0 aliphatic rings. The van der Waals surface area contributed by atoms with Crippen molar-refractivity contribution in [1.82, 2.24) is 0 Å². The van der Waals surface area contributed by atoms with Crippen LogP contribution in [0.3, 0.4) is 0 Å². The number of sulfonamides is 2. The number of carbonyl (C=O) groups is 1. The van der Waals surface area contributed by atoms with Crippen molar-refractivity contribution in [2.24, 2.45) is 0 Å². The fraction of sp³-hybridized carbons (Fsp3) is 0.269. The average molecular weight is 580 g/mol. The second kappa shape index (κ2) is 12.1. The normalized spacial score (nSPS) is 11.6. The van der Waals surface area contributed by atoms with E-state index in [-0.39, 0.29) is 35.2 Å². The molecule has 12 heteroatoms. The third-order valence-electron chi connectivity index (χ3n) is 5.67. The van der Waals surface area contributed by atoms with Crippen LogP contribution in [0.1, 0.15) is 24.0 Å². The third-order valence-corrected chi connectivity index (χ3v) is 8.55. The Morgan fingerprint density at radius 2 is 1.66 bits per heavy atom. The molecular weight excluding hydrogens is 550 g/mol. The molecule has 0 bridgehead atoms. The van der Waals surface area contributed by atoms with Gasteiger partial charge in [0.2, 0.25) is 15.9 Å². The van der Waals surface area contributed by atoms with Gasteiger partial charge in [0.1, 0.15) is 5.75 Å². The zero-order chi connectivity index (χ0) is 28.1. The SMILES string of the molecule is COc1ccc(N(CCCC(=O)Nc2ccc(S(=O)(=O)Nc3cc(C)ccc3C)cc2)S(C)(=O)=O)cc1Cl. The number of rotatable bonds is 11. The zero-order valence-corrected chi connectivity index (χ0v) is 23.9. The number of hydrogen-bond donors (Lipinski definition) is 2. The van der Waals surface area contributed by atoms with Gasteiger partial charge in [-0.1, -0.05) is 23.7 Å². The largest absolute Gasteiger partial charge is 0.495 e. The predicted molar refractivity (Wildman–Crippen MR) is 151 cm³/mol. The lowest BCUT2D eigenvalue weighted by atomic mass is 10.1. The highest BCUT2D eigenvalue weighted by Gasteiger charge is 2.19. The van der Waals surface area contributed by atoms with Crippen molar-refractivity contribution in [3.05, 3.63) is 76.8 Å². The molecule has 0 aliphatic heterocycles. The highest BCUT2D eigenvalue weighted by atomic mass is 35.5. The highest BCUT2D eigenvalue weighted by Crippen LogP contribution is 2.30. The molecular formula is C26H30ClN3O6S2. The van der Waals surface area contributed by atoms with Gasteiger partial charge in [-0.3, -0.25) is 13.8 Å². The Morgan fingerprint density at radius 1 is 0.974 bits per heavy atom. The van der Waals surface area contributed by atoms with Crippen molar-refractivity contribution in [2.45, 2.75) is 31.6 Å². The van der Waals surface area contributed by atoms with Gasteiger partial charge in [0.25, 0.3) is 10.0 Å². The number of aryl methyl sites for hydroxylation is 2. The molecule has 0 radical (unpaired) electrons. The lowest BCUT2D eigenvalue weighted by Gasteiger charge is -2.23. The minimum absolute atomic E-state index is 0.0458. The summed E-state index contributed by atoms with van der Waals surface area (Å²) in [6.07, 6.45) is 1.37. The first-order valence-electron chi connectivity index (χ1n) is 11.6. The average Bonchev–Trinajstić information content (AvgIpc) is 2.83. The number of nitrogens with zero attached hydrogens (tertiary/aromatic N) is 1. The molecule has 204 valence electrons. The number of carbonyl (C=O) groups excluding carboxylic acids is 1. The van der Waals surface area contributed by atoms with Crippen LogP contribution in [0.15, 0.2) is 65.6 Å². The Hall–Kier alpha value is -3.28. The summed E-state index contributed by atoms with van der Waals surface area (Å²) in [4.78, 5) is 12.5. The maximum Gasteiger partial charge on any atom is 0.261 e. The fourth-order valence-corrected chi connectivity index (χ4v) is 6.00. The first kappa shape index (κ1) is 29.3.